The van der Waals surface area contributed by atoms with Crippen LogP contribution in [0.2, 0.25) is 0 Å². The normalized spacial score (nSPS) is 26.4. The Hall–Kier alpha value is -0.630. The van der Waals surface area contributed by atoms with Crippen LogP contribution in [-0.4, -0.2) is 18.0 Å². The molecule has 2 nitrogen and oxygen atoms in total. The fraction of sp³-hybridized carbons (Fsp3) is 0.800. The Balaban J connectivity index is 1.97. The van der Waals surface area contributed by atoms with Crippen molar-refractivity contribution < 1.29 is 9.53 Å². The van der Waals surface area contributed by atoms with E-state index in [1.165, 1.54) is 12.0 Å². The number of carbonyl (C=O) groups excluding carboxylic acids is 1. The zero-order valence-corrected chi connectivity index (χ0v) is 11.1. The summed E-state index contributed by atoms with van der Waals surface area (Å²) in [5.74, 6) is 0.565. The van der Waals surface area contributed by atoms with Crippen LogP contribution in [0, 0.1) is 5.92 Å². The molecule has 0 bridgehead atoms. The topological polar surface area (TPSA) is 26.3 Å². The van der Waals surface area contributed by atoms with Crippen LogP contribution in [0.5, 0.6) is 0 Å². The Morgan fingerprint density at radius 1 is 1.35 bits per heavy atom. The first-order valence-electron chi connectivity index (χ1n) is 7.06. The molecule has 1 unspecified atom stereocenters. The Labute approximate surface area is 104 Å². The summed E-state index contributed by atoms with van der Waals surface area (Å²) in [5.41, 5.74) is 1.37. The van der Waals surface area contributed by atoms with Gasteiger partial charge in [-0.05, 0) is 51.0 Å². The fourth-order valence-electron chi connectivity index (χ4n) is 2.96. The maximum Gasteiger partial charge on any atom is 0.158 e. The molecule has 0 aromatic heterocycles. The van der Waals surface area contributed by atoms with Gasteiger partial charge in [-0.1, -0.05) is 19.4 Å². The lowest BCUT2D eigenvalue weighted by Gasteiger charge is -2.46. The summed E-state index contributed by atoms with van der Waals surface area (Å²) in [4.78, 5) is 12.2. The van der Waals surface area contributed by atoms with E-state index in [1.807, 2.05) is 6.08 Å². The molecule has 1 aliphatic carbocycles. The van der Waals surface area contributed by atoms with Crippen molar-refractivity contribution in [3.63, 3.8) is 0 Å². The molecule has 1 heterocycles. The van der Waals surface area contributed by atoms with Gasteiger partial charge in [0.15, 0.2) is 5.78 Å². The smallest absolute Gasteiger partial charge is 0.158 e. The molecule has 2 aliphatic rings. The zero-order chi connectivity index (χ0) is 12.3. The lowest BCUT2D eigenvalue weighted by molar-refractivity contribution is -0.153. The van der Waals surface area contributed by atoms with Crippen LogP contribution in [0.15, 0.2) is 11.6 Å². The molecule has 0 aromatic carbocycles. The highest BCUT2D eigenvalue weighted by atomic mass is 16.5. The molecule has 17 heavy (non-hydrogen) atoms. The maximum absolute atomic E-state index is 12.2. The van der Waals surface area contributed by atoms with Crippen molar-refractivity contribution in [2.24, 2.45) is 5.92 Å². The summed E-state index contributed by atoms with van der Waals surface area (Å²) in [6, 6.07) is 0. The van der Waals surface area contributed by atoms with Gasteiger partial charge in [0.1, 0.15) is 0 Å². The minimum Gasteiger partial charge on any atom is -0.375 e. The molecule has 2 rings (SSSR count). The zero-order valence-electron chi connectivity index (χ0n) is 11.1. The highest BCUT2D eigenvalue weighted by Crippen LogP contribution is 2.44. The van der Waals surface area contributed by atoms with E-state index < -0.39 is 0 Å². The van der Waals surface area contributed by atoms with Crippen molar-refractivity contribution in [3.05, 3.63) is 11.6 Å². The average Bonchev–Trinajstić information content (AvgIpc) is 2.34. The van der Waals surface area contributed by atoms with E-state index in [4.69, 9.17) is 4.74 Å². The van der Waals surface area contributed by atoms with Crippen LogP contribution >= 0.6 is 0 Å². The monoisotopic (exact) mass is 236 g/mol. The number of ketones is 1. The van der Waals surface area contributed by atoms with Crippen LogP contribution in [-0.2, 0) is 9.53 Å². The maximum atomic E-state index is 12.2. The van der Waals surface area contributed by atoms with Crippen LogP contribution in [0.1, 0.15) is 58.8 Å². The molecule has 0 amide bonds. The van der Waals surface area contributed by atoms with Crippen molar-refractivity contribution in [1.82, 2.24) is 0 Å². The van der Waals surface area contributed by atoms with Crippen molar-refractivity contribution >= 4 is 5.78 Å². The summed E-state index contributed by atoms with van der Waals surface area (Å²) < 4.78 is 5.87. The van der Waals surface area contributed by atoms with Gasteiger partial charge in [0.25, 0.3) is 0 Å². The van der Waals surface area contributed by atoms with Gasteiger partial charge in [-0.25, -0.2) is 0 Å². The van der Waals surface area contributed by atoms with E-state index >= 15 is 0 Å². The Morgan fingerprint density at radius 3 is 2.59 bits per heavy atom. The largest absolute Gasteiger partial charge is 0.375 e. The second kappa shape index (κ2) is 5.34. The third-order valence-electron chi connectivity index (χ3n) is 4.41. The third-order valence-corrected chi connectivity index (χ3v) is 4.41. The van der Waals surface area contributed by atoms with Crippen LogP contribution in [0.3, 0.4) is 0 Å². The van der Waals surface area contributed by atoms with E-state index in [0.29, 0.717) is 5.78 Å². The summed E-state index contributed by atoms with van der Waals surface area (Å²) in [6.07, 6.45) is 9.37. The highest BCUT2D eigenvalue weighted by molar-refractivity contribution is 5.92. The lowest BCUT2D eigenvalue weighted by Crippen LogP contribution is -2.46. The van der Waals surface area contributed by atoms with Gasteiger partial charge in [-0.2, -0.15) is 0 Å². The Kier molecular flexibility index (Phi) is 4.03. The van der Waals surface area contributed by atoms with Gasteiger partial charge in [-0.15, -0.1) is 0 Å². The molecular formula is C15H24O2. The van der Waals surface area contributed by atoms with E-state index in [1.54, 1.807) is 0 Å². The van der Waals surface area contributed by atoms with Crippen molar-refractivity contribution in [2.75, 3.05) is 6.61 Å². The van der Waals surface area contributed by atoms with Gasteiger partial charge in [-0.3, -0.25) is 4.79 Å². The third kappa shape index (κ3) is 2.79. The van der Waals surface area contributed by atoms with Crippen LogP contribution < -0.4 is 0 Å². The minimum atomic E-state index is 0.0883. The van der Waals surface area contributed by atoms with E-state index in [9.17, 15) is 4.79 Å². The van der Waals surface area contributed by atoms with E-state index in [2.05, 4.69) is 13.8 Å². The van der Waals surface area contributed by atoms with Crippen molar-refractivity contribution in [1.29, 1.82) is 0 Å². The Morgan fingerprint density at radius 2 is 2.06 bits per heavy atom. The first-order valence-corrected chi connectivity index (χ1v) is 7.06. The molecule has 0 radical (unpaired) electrons. The second-order valence-corrected chi connectivity index (χ2v) is 5.49. The molecule has 1 spiro atoms. The number of hydrogen-bond donors (Lipinski definition) is 0. The van der Waals surface area contributed by atoms with Gasteiger partial charge in [0, 0.05) is 12.5 Å². The summed E-state index contributed by atoms with van der Waals surface area (Å²) >= 11 is 0. The molecule has 2 fully saturated rings. The summed E-state index contributed by atoms with van der Waals surface area (Å²) in [7, 11) is 0. The van der Waals surface area contributed by atoms with Gasteiger partial charge < -0.3 is 4.74 Å². The second-order valence-electron chi connectivity index (χ2n) is 5.49. The number of rotatable bonds is 4. The molecule has 0 aromatic rings. The Bertz CT molecular complexity index is 307. The minimum absolute atomic E-state index is 0.0883. The average molecular weight is 236 g/mol. The molecule has 2 heteroatoms. The molecule has 1 saturated carbocycles. The highest BCUT2D eigenvalue weighted by Gasteiger charge is 2.43. The summed E-state index contributed by atoms with van der Waals surface area (Å²) in [5, 5.41) is 0. The van der Waals surface area contributed by atoms with Crippen molar-refractivity contribution in [3.8, 4) is 0 Å². The molecule has 1 saturated heterocycles. The number of hydrogen-bond acceptors (Lipinski definition) is 2. The molecule has 96 valence electrons. The van der Waals surface area contributed by atoms with E-state index in [-0.39, 0.29) is 11.5 Å². The molecule has 1 aliphatic heterocycles. The van der Waals surface area contributed by atoms with Crippen molar-refractivity contribution in [2.45, 2.75) is 64.4 Å². The number of ether oxygens (including phenoxy) is 1. The first kappa shape index (κ1) is 12.8. The molecular weight excluding hydrogens is 212 g/mol. The molecule has 0 N–H and O–H groups in total. The number of allylic oxidation sites excluding steroid dienone is 2. The predicted octanol–water partition coefficient (Wildman–Crippen LogP) is 3.65. The van der Waals surface area contributed by atoms with Crippen LogP contribution in [0.25, 0.3) is 0 Å². The number of carbonyl (C=O) groups is 1. The molecule has 1 atom stereocenters. The fourth-order valence-corrected chi connectivity index (χ4v) is 2.96. The lowest BCUT2D eigenvalue weighted by atomic mass is 9.71. The van der Waals surface area contributed by atoms with Gasteiger partial charge in [0.05, 0.1) is 5.60 Å². The van der Waals surface area contributed by atoms with Crippen LogP contribution in [0.4, 0.5) is 0 Å². The quantitative estimate of drug-likeness (QED) is 0.696. The first-order chi connectivity index (χ1) is 8.19. The summed E-state index contributed by atoms with van der Waals surface area (Å²) in [6.45, 7) is 5.03. The van der Waals surface area contributed by atoms with Gasteiger partial charge in [0.2, 0.25) is 0 Å². The van der Waals surface area contributed by atoms with Gasteiger partial charge >= 0.3 is 0 Å². The SMILES string of the molecule is CCC(=CC(=O)C1CCOC2(CCC2)C1)CC. The standard InChI is InChI=1S/C15H24O2/c1-3-12(4-2)10-14(16)13-6-9-17-15(11-13)7-5-8-15/h10,13H,3-9,11H2,1-2H3. The van der Waals surface area contributed by atoms with E-state index in [0.717, 1.165) is 45.1 Å². The predicted molar refractivity (Wildman–Crippen MR) is 68.9 cm³/mol.